The number of alkyl halides is 1. The molecule has 0 radical (unpaired) electrons. The zero-order valence-electron chi connectivity index (χ0n) is 18.4. The van der Waals surface area contributed by atoms with Crippen LogP contribution in [0, 0.1) is 5.82 Å². The van der Waals surface area contributed by atoms with E-state index in [4.69, 9.17) is 9.15 Å². The van der Waals surface area contributed by atoms with Crippen molar-refractivity contribution in [3.63, 3.8) is 0 Å². The van der Waals surface area contributed by atoms with Crippen LogP contribution in [0.2, 0.25) is 0 Å². The molecule has 12 heteroatoms. The van der Waals surface area contributed by atoms with Crippen molar-refractivity contribution < 1.29 is 26.4 Å². The topological polar surface area (TPSA) is 123 Å². The van der Waals surface area contributed by atoms with Gasteiger partial charge < -0.3 is 9.15 Å². The molecule has 0 saturated carbocycles. The Morgan fingerprint density at radius 1 is 1.09 bits per heavy atom. The van der Waals surface area contributed by atoms with Crippen LogP contribution in [0.1, 0.15) is 23.6 Å². The first-order chi connectivity index (χ1) is 16.8. The highest BCUT2D eigenvalue weighted by molar-refractivity contribution is 7.90. The van der Waals surface area contributed by atoms with Crippen LogP contribution in [0.3, 0.4) is 0 Å². The Morgan fingerprint density at radius 3 is 2.57 bits per heavy atom. The molecule has 0 spiro atoms. The smallest absolute Gasteiger partial charge is 0.340 e. The molecule has 35 heavy (non-hydrogen) atoms. The normalized spacial score (nSPS) is 11.5. The molecule has 2 N–H and O–H groups in total. The molecule has 0 aliphatic carbocycles. The first-order valence-corrected chi connectivity index (χ1v) is 11.9. The lowest BCUT2D eigenvalue weighted by atomic mass is 9.98. The van der Waals surface area contributed by atoms with Crippen molar-refractivity contribution in [2.75, 3.05) is 11.3 Å². The highest BCUT2D eigenvalue weighted by Gasteiger charge is 2.20. The van der Waals surface area contributed by atoms with E-state index in [1.165, 1.54) is 42.7 Å². The van der Waals surface area contributed by atoms with Gasteiger partial charge in [-0.05, 0) is 29.8 Å². The lowest BCUT2D eigenvalue weighted by Crippen LogP contribution is -2.30. The second kappa shape index (κ2) is 10.2. The van der Waals surface area contributed by atoms with Crippen LogP contribution in [0.4, 0.5) is 14.5 Å². The van der Waals surface area contributed by atoms with Crippen molar-refractivity contribution in [2.45, 2.75) is 20.0 Å². The Labute approximate surface area is 199 Å². The summed E-state index contributed by atoms with van der Waals surface area (Å²) in [5.41, 5.74) is -1.13. The van der Waals surface area contributed by atoms with E-state index in [1.807, 2.05) is 0 Å². The van der Waals surface area contributed by atoms with E-state index in [2.05, 4.69) is 19.4 Å². The number of nitrogens with one attached hydrogen (secondary N) is 2. The molecule has 0 atom stereocenters. The molecular formula is C23H20F2N4O5S. The number of rotatable bonds is 9. The number of halogens is 2. The fourth-order valence-electron chi connectivity index (χ4n) is 3.48. The molecule has 9 nitrogen and oxygen atoms in total. The molecule has 0 unspecified atom stereocenters. The minimum absolute atomic E-state index is 0.00997. The summed E-state index contributed by atoms with van der Waals surface area (Å²) in [7, 11) is -3.97. The maximum atomic E-state index is 15.1. The van der Waals surface area contributed by atoms with Gasteiger partial charge in [0.15, 0.2) is 5.82 Å². The van der Waals surface area contributed by atoms with Gasteiger partial charge in [-0.3, -0.25) is 4.72 Å². The van der Waals surface area contributed by atoms with E-state index in [-0.39, 0.29) is 52.7 Å². The Balaban J connectivity index is 1.70. The minimum atomic E-state index is -3.97. The quantitative estimate of drug-likeness (QED) is 0.333. The number of hydrogen-bond donors (Lipinski definition) is 2. The molecule has 0 bridgehead atoms. The van der Waals surface area contributed by atoms with Crippen LogP contribution in [-0.4, -0.2) is 24.9 Å². The van der Waals surface area contributed by atoms with Gasteiger partial charge in [-0.2, -0.15) is 13.1 Å². The molecule has 0 amide bonds. The number of benzene rings is 2. The number of nitrogens with zero attached hydrogens (tertiary/aromatic N) is 2. The fraction of sp³-hybridized carbons (Fsp3) is 0.174. The van der Waals surface area contributed by atoms with Crippen molar-refractivity contribution in [1.29, 1.82) is 0 Å². The monoisotopic (exact) mass is 502 g/mol. The summed E-state index contributed by atoms with van der Waals surface area (Å²) >= 11 is 0. The van der Waals surface area contributed by atoms with Crippen molar-refractivity contribution in [3.8, 4) is 11.8 Å². The molecule has 0 aliphatic rings. The van der Waals surface area contributed by atoms with Crippen LogP contribution in [0.15, 0.2) is 64.1 Å². The van der Waals surface area contributed by atoms with Gasteiger partial charge in [-0.25, -0.2) is 23.5 Å². The first-order valence-electron chi connectivity index (χ1n) is 10.5. The van der Waals surface area contributed by atoms with Crippen molar-refractivity contribution in [3.05, 3.63) is 87.8 Å². The standard InChI is InChI=1S/C23H20F2N4O5S/c1-2-28-35(31,32)29-19-6-3-5-14(21(19)25)11-17-18(13-24)16-8-7-15(12-20(16)34-22(17)30)33-23-26-9-4-10-27-23/h3-10,12,28-29H,2,11,13H2,1H3. The van der Waals surface area contributed by atoms with Crippen LogP contribution in [-0.2, 0) is 23.3 Å². The van der Waals surface area contributed by atoms with E-state index in [1.54, 1.807) is 19.1 Å². The SMILES string of the molecule is CCNS(=O)(=O)Nc1cccc(Cc2c(CF)c3ccc(Oc4ncccn4)cc3oc2=O)c1F. The van der Waals surface area contributed by atoms with E-state index in [9.17, 15) is 17.6 Å². The van der Waals surface area contributed by atoms with Gasteiger partial charge in [0, 0.05) is 47.9 Å². The third kappa shape index (κ3) is 5.44. The van der Waals surface area contributed by atoms with E-state index >= 15 is 4.39 Å². The Kier molecular flexibility index (Phi) is 7.03. The average molecular weight is 502 g/mol. The van der Waals surface area contributed by atoms with Gasteiger partial charge in [-0.1, -0.05) is 19.1 Å². The predicted octanol–water partition coefficient (Wildman–Crippen LogP) is 3.84. The highest BCUT2D eigenvalue weighted by atomic mass is 32.2. The molecule has 0 fully saturated rings. The lowest BCUT2D eigenvalue weighted by molar-refractivity contribution is 0.440. The van der Waals surface area contributed by atoms with E-state index in [0.29, 0.717) is 5.39 Å². The van der Waals surface area contributed by atoms with Gasteiger partial charge in [-0.15, -0.1) is 0 Å². The Morgan fingerprint density at radius 2 is 1.86 bits per heavy atom. The van der Waals surface area contributed by atoms with Crippen LogP contribution < -0.4 is 19.8 Å². The fourth-order valence-corrected chi connectivity index (χ4v) is 4.38. The second-order valence-corrected chi connectivity index (χ2v) is 8.83. The number of aromatic nitrogens is 2. The Hall–Kier alpha value is -3.90. The number of anilines is 1. The molecule has 0 aliphatic heterocycles. The highest BCUT2D eigenvalue weighted by Crippen LogP contribution is 2.29. The number of fused-ring (bicyclic) bond motifs is 1. The summed E-state index contributed by atoms with van der Waals surface area (Å²) in [5.74, 6) is -0.610. The maximum Gasteiger partial charge on any atom is 0.340 e. The van der Waals surface area contributed by atoms with Gasteiger partial charge in [0.1, 0.15) is 18.0 Å². The number of hydrogen-bond acceptors (Lipinski definition) is 7. The largest absolute Gasteiger partial charge is 0.424 e. The minimum Gasteiger partial charge on any atom is -0.424 e. The summed E-state index contributed by atoms with van der Waals surface area (Å²) in [6.45, 7) is 0.682. The molecule has 2 heterocycles. The summed E-state index contributed by atoms with van der Waals surface area (Å²) in [5, 5.41) is 0.313. The predicted molar refractivity (Wildman–Crippen MR) is 125 cm³/mol. The molecule has 4 rings (SSSR count). The van der Waals surface area contributed by atoms with Crippen LogP contribution in [0.5, 0.6) is 11.8 Å². The van der Waals surface area contributed by atoms with Gasteiger partial charge in [0.2, 0.25) is 0 Å². The van der Waals surface area contributed by atoms with Crippen LogP contribution >= 0.6 is 0 Å². The van der Waals surface area contributed by atoms with Crippen molar-refractivity contribution in [1.82, 2.24) is 14.7 Å². The van der Waals surface area contributed by atoms with Crippen molar-refractivity contribution >= 4 is 26.9 Å². The Bertz CT molecular complexity index is 1530. The molecule has 2 aromatic carbocycles. The molecule has 182 valence electrons. The van der Waals surface area contributed by atoms with E-state index < -0.39 is 28.3 Å². The van der Waals surface area contributed by atoms with E-state index in [0.717, 1.165) is 0 Å². The molecule has 2 aromatic heterocycles. The zero-order valence-corrected chi connectivity index (χ0v) is 19.2. The lowest BCUT2D eigenvalue weighted by Gasteiger charge is -2.13. The average Bonchev–Trinajstić information content (AvgIpc) is 2.82. The number of ether oxygens (including phenoxy) is 1. The van der Waals surface area contributed by atoms with Gasteiger partial charge >= 0.3 is 11.6 Å². The molecular weight excluding hydrogens is 482 g/mol. The second-order valence-electron chi connectivity index (χ2n) is 7.33. The third-order valence-electron chi connectivity index (χ3n) is 5.00. The summed E-state index contributed by atoms with van der Waals surface area (Å²) in [4.78, 5) is 20.6. The van der Waals surface area contributed by atoms with Crippen molar-refractivity contribution in [2.24, 2.45) is 0 Å². The maximum absolute atomic E-state index is 15.1. The zero-order chi connectivity index (χ0) is 25.0. The van der Waals surface area contributed by atoms with Gasteiger partial charge in [0.05, 0.1) is 5.69 Å². The molecule has 0 saturated heterocycles. The third-order valence-corrected chi connectivity index (χ3v) is 6.16. The summed E-state index contributed by atoms with van der Waals surface area (Å²) in [6.07, 6.45) is 2.68. The summed E-state index contributed by atoms with van der Waals surface area (Å²) in [6, 6.07) is 10.2. The first kappa shape index (κ1) is 24.2. The van der Waals surface area contributed by atoms with Gasteiger partial charge in [0.25, 0.3) is 10.2 Å². The van der Waals surface area contributed by atoms with Crippen LogP contribution in [0.25, 0.3) is 11.0 Å². The molecule has 4 aromatic rings. The summed E-state index contributed by atoms with van der Waals surface area (Å²) < 4.78 is 68.3.